The van der Waals surface area contributed by atoms with Crippen molar-refractivity contribution in [1.82, 2.24) is 5.16 Å². The second-order valence-electron chi connectivity index (χ2n) is 2.21. The molecule has 6 nitrogen and oxygen atoms in total. The van der Waals surface area contributed by atoms with Crippen LogP contribution in [-0.2, 0) is 4.74 Å². The third kappa shape index (κ3) is 3.30. The number of rotatable bonds is 2. The minimum absolute atomic E-state index is 0. The summed E-state index contributed by atoms with van der Waals surface area (Å²) in [6.07, 6.45) is 0. The Hall–Kier alpha value is -0.560. The van der Waals surface area contributed by atoms with Gasteiger partial charge in [0.15, 0.2) is 5.56 Å². The number of aryl methyl sites for hydroxylation is 1. The SMILES string of the molecule is CCOC(=O)c1c(C)[nH]oc1=O.O.[Na]. The van der Waals surface area contributed by atoms with Crippen molar-refractivity contribution in [3.63, 3.8) is 0 Å². The van der Waals surface area contributed by atoms with Gasteiger partial charge in [-0.05, 0) is 13.8 Å². The van der Waals surface area contributed by atoms with E-state index in [1.54, 1.807) is 13.8 Å². The van der Waals surface area contributed by atoms with Crippen molar-refractivity contribution in [2.75, 3.05) is 6.61 Å². The third-order valence-electron chi connectivity index (χ3n) is 1.36. The van der Waals surface area contributed by atoms with Crippen molar-refractivity contribution in [1.29, 1.82) is 0 Å². The molecular formula is C7H11NNaO5. The predicted molar refractivity (Wildman–Crippen MR) is 49.4 cm³/mol. The van der Waals surface area contributed by atoms with Crippen LogP contribution in [0.25, 0.3) is 0 Å². The summed E-state index contributed by atoms with van der Waals surface area (Å²) in [5.74, 6) is -0.648. The van der Waals surface area contributed by atoms with Crippen molar-refractivity contribution < 1.29 is 19.5 Å². The van der Waals surface area contributed by atoms with Gasteiger partial charge in [-0.3, -0.25) is 0 Å². The Morgan fingerprint density at radius 1 is 1.57 bits per heavy atom. The fraction of sp³-hybridized carbons (Fsp3) is 0.429. The molecule has 0 spiro atoms. The molecule has 3 N–H and O–H groups in total. The van der Waals surface area contributed by atoms with E-state index in [2.05, 4.69) is 14.4 Å². The second kappa shape index (κ2) is 6.83. The number of carbonyl (C=O) groups excluding carboxylic acids is 1. The Morgan fingerprint density at radius 2 is 2.14 bits per heavy atom. The summed E-state index contributed by atoms with van der Waals surface area (Å²) in [7, 11) is 0. The zero-order valence-corrected chi connectivity index (χ0v) is 10.3. The van der Waals surface area contributed by atoms with E-state index in [0.29, 0.717) is 5.69 Å². The summed E-state index contributed by atoms with van der Waals surface area (Å²) in [6, 6.07) is 0. The molecule has 0 fully saturated rings. The molecule has 0 aromatic carbocycles. The minimum Gasteiger partial charge on any atom is -0.462 e. The number of hydrogen-bond donors (Lipinski definition) is 1. The zero-order chi connectivity index (χ0) is 9.14. The van der Waals surface area contributed by atoms with Crippen molar-refractivity contribution in [2.45, 2.75) is 13.8 Å². The molecule has 0 unspecified atom stereocenters. The first-order valence-corrected chi connectivity index (χ1v) is 3.52. The third-order valence-corrected chi connectivity index (χ3v) is 1.36. The van der Waals surface area contributed by atoms with Crippen LogP contribution in [-0.4, -0.2) is 52.8 Å². The van der Waals surface area contributed by atoms with E-state index in [1.807, 2.05) is 0 Å². The topological polar surface area (TPSA) is 104 Å². The second-order valence-corrected chi connectivity index (χ2v) is 2.21. The number of hydrogen-bond acceptors (Lipinski definition) is 4. The van der Waals surface area contributed by atoms with E-state index in [-0.39, 0.29) is 47.2 Å². The maximum atomic E-state index is 11.0. The predicted octanol–water partition coefficient (Wildman–Crippen LogP) is -0.752. The molecule has 0 aliphatic heterocycles. The van der Waals surface area contributed by atoms with E-state index < -0.39 is 11.6 Å². The van der Waals surface area contributed by atoms with Crippen LogP contribution in [0, 0.1) is 6.92 Å². The molecule has 0 aliphatic carbocycles. The van der Waals surface area contributed by atoms with Crippen LogP contribution in [0.1, 0.15) is 23.0 Å². The van der Waals surface area contributed by atoms with Gasteiger partial charge in [0.05, 0.1) is 12.3 Å². The molecule has 0 saturated heterocycles. The van der Waals surface area contributed by atoms with Crippen molar-refractivity contribution in [3.8, 4) is 0 Å². The number of esters is 1. The molecule has 0 saturated carbocycles. The molecule has 1 radical (unpaired) electrons. The maximum Gasteiger partial charge on any atom is 0.372 e. The number of ether oxygens (including phenoxy) is 1. The van der Waals surface area contributed by atoms with E-state index in [1.165, 1.54) is 0 Å². The Balaban J connectivity index is 0. The number of nitrogens with one attached hydrogen (secondary N) is 1. The van der Waals surface area contributed by atoms with Crippen LogP contribution in [0.4, 0.5) is 0 Å². The van der Waals surface area contributed by atoms with Crippen LogP contribution >= 0.6 is 0 Å². The molecule has 1 rings (SSSR count). The van der Waals surface area contributed by atoms with E-state index >= 15 is 0 Å². The van der Waals surface area contributed by atoms with Crippen molar-refractivity contribution in [2.24, 2.45) is 0 Å². The monoisotopic (exact) mass is 212 g/mol. The van der Waals surface area contributed by atoms with Crippen LogP contribution in [0.3, 0.4) is 0 Å². The summed E-state index contributed by atoms with van der Waals surface area (Å²) >= 11 is 0. The van der Waals surface area contributed by atoms with Crippen LogP contribution in [0.5, 0.6) is 0 Å². The van der Waals surface area contributed by atoms with Gasteiger partial charge >= 0.3 is 11.6 Å². The molecular weight excluding hydrogens is 201 g/mol. The van der Waals surface area contributed by atoms with Gasteiger partial charge in [0.1, 0.15) is 0 Å². The summed E-state index contributed by atoms with van der Waals surface area (Å²) in [5.41, 5.74) is -0.360. The van der Waals surface area contributed by atoms with E-state index in [9.17, 15) is 9.59 Å². The standard InChI is InChI=1S/C7H9NO4.Na.H2O/c1-3-11-6(9)5-4(2)8-12-7(5)10;;/h8H,3H2,1-2H3;;1H2. The Bertz CT molecular complexity index is 342. The first-order chi connectivity index (χ1) is 5.66. The summed E-state index contributed by atoms with van der Waals surface area (Å²) < 4.78 is 9.01. The number of aromatic nitrogens is 1. The van der Waals surface area contributed by atoms with Gasteiger partial charge in [-0.2, -0.15) is 0 Å². The molecule has 0 bridgehead atoms. The summed E-state index contributed by atoms with van der Waals surface area (Å²) in [5, 5.41) is 2.29. The number of carbonyl (C=O) groups is 1. The van der Waals surface area contributed by atoms with Crippen molar-refractivity contribution in [3.05, 3.63) is 21.7 Å². The zero-order valence-electron chi connectivity index (χ0n) is 8.34. The van der Waals surface area contributed by atoms with Gasteiger partial charge in [0.25, 0.3) is 0 Å². The Kier molecular flexibility index (Phi) is 7.75. The molecule has 1 heterocycles. The van der Waals surface area contributed by atoms with Gasteiger partial charge in [0, 0.05) is 29.6 Å². The first kappa shape index (κ1) is 15.9. The van der Waals surface area contributed by atoms with Gasteiger partial charge < -0.3 is 14.7 Å². The Labute approximate surface area is 102 Å². The van der Waals surface area contributed by atoms with Crippen LogP contribution < -0.4 is 5.63 Å². The van der Waals surface area contributed by atoms with Gasteiger partial charge in [-0.1, -0.05) is 0 Å². The van der Waals surface area contributed by atoms with Crippen LogP contribution in [0.15, 0.2) is 9.32 Å². The fourth-order valence-corrected chi connectivity index (χ4v) is 0.818. The molecule has 0 atom stereocenters. The van der Waals surface area contributed by atoms with E-state index in [4.69, 9.17) is 0 Å². The number of aromatic amines is 1. The quantitative estimate of drug-likeness (QED) is 0.514. The van der Waals surface area contributed by atoms with Gasteiger partial charge in [0.2, 0.25) is 0 Å². The van der Waals surface area contributed by atoms with Crippen molar-refractivity contribution >= 4 is 35.5 Å². The molecule has 7 heteroatoms. The smallest absolute Gasteiger partial charge is 0.372 e. The molecule has 0 amide bonds. The fourth-order valence-electron chi connectivity index (χ4n) is 0.818. The molecule has 1 aromatic heterocycles. The Morgan fingerprint density at radius 3 is 2.50 bits per heavy atom. The van der Waals surface area contributed by atoms with Crippen LogP contribution in [0.2, 0.25) is 0 Å². The van der Waals surface area contributed by atoms with E-state index in [0.717, 1.165) is 0 Å². The average Bonchev–Trinajstić information content (AvgIpc) is 2.32. The largest absolute Gasteiger partial charge is 0.462 e. The average molecular weight is 212 g/mol. The van der Waals surface area contributed by atoms with Gasteiger partial charge in [-0.25, -0.2) is 14.7 Å². The molecule has 1 aromatic rings. The first-order valence-electron chi connectivity index (χ1n) is 3.52. The minimum atomic E-state index is -0.689. The molecule has 75 valence electrons. The van der Waals surface area contributed by atoms with Gasteiger partial charge in [-0.15, -0.1) is 0 Å². The summed E-state index contributed by atoms with van der Waals surface area (Å²) in [4.78, 5) is 21.9. The molecule has 0 aliphatic rings. The molecule has 14 heavy (non-hydrogen) atoms. The summed E-state index contributed by atoms with van der Waals surface area (Å²) in [6.45, 7) is 3.47. The number of H-pyrrole nitrogens is 1. The maximum absolute atomic E-state index is 11.0. The normalized spacial score (nSPS) is 8.43.